The molecule has 1 aliphatic carbocycles. The van der Waals surface area contributed by atoms with Gasteiger partial charge in [0, 0.05) is 11.6 Å². The SMILES string of the molecule is NC1NNC2=CC=CCC21. The third kappa shape index (κ3) is 0.751. The maximum atomic E-state index is 5.74. The molecule has 0 amide bonds. The highest BCUT2D eigenvalue weighted by atomic mass is 15.4. The van der Waals surface area contributed by atoms with E-state index in [0.29, 0.717) is 5.92 Å². The lowest BCUT2D eigenvalue weighted by Gasteiger charge is -2.13. The van der Waals surface area contributed by atoms with Gasteiger partial charge in [0.1, 0.15) is 0 Å². The van der Waals surface area contributed by atoms with Gasteiger partial charge in [-0.15, -0.1) is 0 Å². The normalized spacial score (nSPS) is 36.7. The van der Waals surface area contributed by atoms with Gasteiger partial charge in [-0.05, 0) is 12.5 Å². The maximum Gasteiger partial charge on any atom is 0.0812 e. The quantitative estimate of drug-likeness (QED) is 0.435. The lowest BCUT2D eigenvalue weighted by atomic mass is 9.96. The molecule has 0 bridgehead atoms. The third-order valence-corrected chi connectivity index (χ3v) is 2.02. The molecule has 2 unspecified atom stereocenters. The molecule has 0 radical (unpaired) electrons. The fourth-order valence-electron chi connectivity index (χ4n) is 1.39. The van der Waals surface area contributed by atoms with E-state index in [0.717, 1.165) is 6.42 Å². The Labute approximate surface area is 59.9 Å². The zero-order chi connectivity index (χ0) is 6.97. The second-order valence-electron chi connectivity index (χ2n) is 2.69. The van der Waals surface area contributed by atoms with Gasteiger partial charge in [-0.2, -0.15) is 0 Å². The molecule has 0 aromatic heterocycles. The molecule has 0 saturated carbocycles. The highest BCUT2D eigenvalue weighted by Crippen LogP contribution is 2.22. The number of hydrogen-bond donors (Lipinski definition) is 3. The van der Waals surface area contributed by atoms with Gasteiger partial charge in [0.2, 0.25) is 0 Å². The van der Waals surface area contributed by atoms with Crippen molar-refractivity contribution in [3.8, 4) is 0 Å². The Morgan fingerprint density at radius 2 is 2.50 bits per heavy atom. The Bertz CT molecular complexity index is 195. The summed E-state index contributed by atoms with van der Waals surface area (Å²) in [5.74, 6) is 0.463. The summed E-state index contributed by atoms with van der Waals surface area (Å²) >= 11 is 0. The van der Waals surface area contributed by atoms with E-state index in [1.807, 2.05) is 0 Å². The lowest BCUT2D eigenvalue weighted by molar-refractivity contribution is 0.483. The number of nitrogens with one attached hydrogen (secondary N) is 2. The fourth-order valence-corrected chi connectivity index (χ4v) is 1.39. The molecular weight excluding hydrogens is 126 g/mol. The predicted octanol–water partition coefficient (Wildman–Crippen LogP) is -0.161. The number of hydrazine groups is 1. The van der Waals surface area contributed by atoms with Gasteiger partial charge >= 0.3 is 0 Å². The Kier molecular flexibility index (Phi) is 1.25. The van der Waals surface area contributed by atoms with Crippen molar-refractivity contribution in [2.75, 3.05) is 0 Å². The minimum absolute atomic E-state index is 0.0798. The van der Waals surface area contributed by atoms with Gasteiger partial charge in [0.05, 0.1) is 6.17 Å². The van der Waals surface area contributed by atoms with Crippen molar-refractivity contribution in [3.63, 3.8) is 0 Å². The van der Waals surface area contributed by atoms with Gasteiger partial charge in [-0.25, -0.2) is 5.43 Å². The summed E-state index contributed by atoms with van der Waals surface area (Å²) in [4.78, 5) is 0. The van der Waals surface area contributed by atoms with Crippen LogP contribution in [0.5, 0.6) is 0 Å². The third-order valence-electron chi connectivity index (χ3n) is 2.02. The summed E-state index contributed by atoms with van der Waals surface area (Å²) in [6.45, 7) is 0. The van der Waals surface area contributed by atoms with Crippen LogP contribution in [0.4, 0.5) is 0 Å². The largest absolute Gasteiger partial charge is 0.324 e. The van der Waals surface area contributed by atoms with Crippen molar-refractivity contribution >= 4 is 0 Å². The Morgan fingerprint density at radius 1 is 1.60 bits per heavy atom. The van der Waals surface area contributed by atoms with Crippen molar-refractivity contribution in [1.29, 1.82) is 0 Å². The molecule has 3 heteroatoms. The molecule has 54 valence electrons. The average molecular weight is 137 g/mol. The summed E-state index contributed by atoms with van der Waals surface area (Å²) in [5, 5.41) is 0. The van der Waals surface area contributed by atoms with Crippen molar-refractivity contribution in [3.05, 3.63) is 23.9 Å². The minimum Gasteiger partial charge on any atom is -0.324 e. The van der Waals surface area contributed by atoms with E-state index in [9.17, 15) is 0 Å². The summed E-state index contributed by atoms with van der Waals surface area (Å²) in [6, 6.07) is 0. The molecule has 0 spiro atoms. The molecule has 3 nitrogen and oxygen atoms in total. The van der Waals surface area contributed by atoms with Crippen LogP contribution in [0.15, 0.2) is 23.9 Å². The molecule has 4 N–H and O–H groups in total. The van der Waals surface area contributed by atoms with Crippen LogP contribution in [-0.2, 0) is 0 Å². The van der Waals surface area contributed by atoms with Crippen LogP contribution in [0.3, 0.4) is 0 Å². The smallest absolute Gasteiger partial charge is 0.0812 e. The molecule has 1 saturated heterocycles. The maximum absolute atomic E-state index is 5.74. The highest BCUT2D eigenvalue weighted by Gasteiger charge is 2.27. The van der Waals surface area contributed by atoms with E-state index < -0.39 is 0 Å². The minimum atomic E-state index is 0.0798. The number of allylic oxidation sites excluding steroid dienone is 3. The highest BCUT2D eigenvalue weighted by molar-refractivity contribution is 5.23. The van der Waals surface area contributed by atoms with Crippen LogP contribution in [-0.4, -0.2) is 6.17 Å². The summed E-state index contributed by atoms with van der Waals surface area (Å²) in [7, 11) is 0. The van der Waals surface area contributed by atoms with Gasteiger partial charge < -0.3 is 11.2 Å². The van der Waals surface area contributed by atoms with Gasteiger partial charge in [0.25, 0.3) is 0 Å². The van der Waals surface area contributed by atoms with Gasteiger partial charge in [-0.1, -0.05) is 12.2 Å². The van der Waals surface area contributed by atoms with Crippen molar-refractivity contribution in [2.45, 2.75) is 12.6 Å². The van der Waals surface area contributed by atoms with Crippen LogP contribution in [0.2, 0.25) is 0 Å². The second kappa shape index (κ2) is 2.11. The molecule has 0 aromatic rings. The molecule has 1 aliphatic heterocycles. The van der Waals surface area contributed by atoms with E-state index in [-0.39, 0.29) is 6.17 Å². The van der Waals surface area contributed by atoms with Gasteiger partial charge in [-0.3, -0.25) is 0 Å². The molecule has 2 aliphatic rings. The van der Waals surface area contributed by atoms with Crippen LogP contribution >= 0.6 is 0 Å². The average Bonchev–Trinajstić information content (AvgIpc) is 2.34. The first-order chi connectivity index (χ1) is 4.88. The zero-order valence-electron chi connectivity index (χ0n) is 5.67. The van der Waals surface area contributed by atoms with Crippen molar-refractivity contribution < 1.29 is 0 Å². The number of nitrogens with two attached hydrogens (primary N) is 1. The first-order valence-corrected chi connectivity index (χ1v) is 3.52. The molecule has 2 atom stereocenters. The summed E-state index contributed by atoms with van der Waals surface area (Å²) < 4.78 is 0. The zero-order valence-corrected chi connectivity index (χ0v) is 5.67. The summed E-state index contributed by atoms with van der Waals surface area (Å²) in [6.07, 6.45) is 7.39. The molecular formula is C7H11N3. The Hall–Kier alpha value is -0.800. The fraction of sp³-hybridized carbons (Fsp3) is 0.429. The molecule has 1 heterocycles. The molecule has 2 rings (SSSR count). The van der Waals surface area contributed by atoms with Crippen LogP contribution in [0.1, 0.15) is 6.42 Å². The summed E-state index contributed by atoms with van der Waals surface area (Å²) in [5.41, 5.74) is 13.0. The first kappa shape index (κ1) is 5.95. The van der Waals surface area contributed by atoms with E-state index in [1.54, 1.807) is 0 Å². The van der Waals surface area contributed by atoms with Crippen LogP contribution in [0, 0.1) is 5.92 Å². The first-order valence-electron chi connectivity index (χ1n) is 3.52. The second-order valence-corrected chi connectivity index (χ2v) is 2.69. The van der Waals surface area contributed by atoms with E-state index in [2.05, 4.69) is 29.1 Å². The Balaban J connectivity index is 2.23. The topological polar surface area (TPSA) is 50.1 Å². The predicted molar refractivity (Wildman–Crippen MR) is 39.6 cm³/mol. The van der Waals surface area contributed by atoms with Gasteiger partial charge in [0.15, 0.2) is 0 Å². The van der Waals surface area contributed by atoms with Crippen LogP contribution < -0.4 is 16.6 Å². The number of rotatable bonds is 0. The molecule has 0 aromatic carbocycles. The lowest BCUT2D eigenvalue weighted by Crippen LogP contribution is -2.39. The van der Waals surface area contributed by atoms with Crippen LogP contribution in [0.25, 0.3) is 0 Å². The Morgan fingerprint density at radius 3 is 3.30 bits per heavy atom. The van der Waals surface area contributed by atoms with E-state index in [1.165, 1.54) is 5.70 Å². The molecule has 10 heavy (non-hydrogen) atoms. The standard InChI is InChI=1S/C7H11N3/c8-7-5-3-1-2-4-6(5)9-10-7/h1-2,4-5,7,9-10H,3,8H2. The van der Waals surface area contributed by atoms with E-state index in [4.69, 9.17) is 5.73 Å². The van der Waals surface area contributed by atoms with Crippen molar-refractivity contribution in [2.24, 2.45) is 11.7 Å². The van der Waals surface area contributed by atoms with Crippen molar-refractivity contribution in [1.82, 2.24) is 10.9 Å². The number of hydrogen-bond acceptors (Lipinski definition) is 3. The number of fused-ring (bicyclic) bond motifs is 1. The molecule has 1 fully saturated rings. The van der Waals surface area contributed by atoms with E-state index >= 15 is 0 Å². The monoisotopic (exact) mass is 137 g/mol.